The van der Waals surface area contributed by atoms with Gasteiger partial charge in [0.1, 0.15) is 24.2 Å². The molecule has 0 aliphatic carbocycles. The molecule has 1 saturated heterocycles. The van der Waals surface area contributed by atoms with Crippen LogP contribution in [0.3, 0.4) is 0 Å². The Labute approximate surface area is 201 Å². The maximum absolute atomic E-state index is 12.0. The molecular weight excluding hydrogens is 460 g/mol. The van der Waals surface area contributed by atoms with Crippen molar-refractivity contribution in [1.82, 2.24) is 19.9 Å². The summed E-state index contributed by atoms with van der Waals surface area (Å²) in [5.41, 5.74) is 0.808. The second kappa shape index (κ2) is 12.3. The Bertz CT molecular complexity index is 1100. The SMILES string of the molecule is C[C@H]1CCN(C(=O)CC#N)C[C@@H]1N(C)c1ncnc2[nH]ccc12.O=C(O)CC(CC(=O)O)C(=O)O. The third-order valence-corrected chi connectivity index (χ3v) is 5.86. The Hall–Kier alpha value is -4.21. The predicted octanol–water partition coefficient (Wildman–Crippen LogP) is 1.18. The molecule has 3 rings (SSSR count). The molecule has 0 aromatic carbocycles. The van der Waals surface area contributed by atoms with E-state index in [2.05, 4.69) is 26.8 Å². The number of rotatable bonds is 8. The highest BCUT2D eigenvalue weighted by Gasteiger charge is 2.32. The van der Waals surface area contributed by atoms with Crippen LogP contribution in [-0.2, 0) is 19.2 Å². The first-order valence-electron chi connectivity index (χ1n) is 10.9. The van der Waals surface area contributed by atoms with Crippen LogP contribution in [0.25, 0.3) is 11.0 Å². The summed E-state index contributed by atoms with van der Waals surface area (Å²) in [6.07, 6.45) is 2.94. The molecule has 0 spiro atoms. The number of H-pyrrole nitrogens is 1. The van der Waals surface area contributed by atoms with Crippen molar-refractivity contribution in [3.63, 3.8) is 0 Å². The number of carboxylic acid groups (broad SMARTS) is 3. The zero-order chi connectivity index (χ0) is 26.1. The number of anilines is 1. The number of fused-ring (bicyclic) bond motifs is 1. The van der Waals surface area contributed by atoms with Crippen molar-refractivity contribution < 1.29 is 34.5 Å². The second-order valence-corrected chi connectivity index (χ2v) is 8.29. The van der Waals surface area contributed by atoms with Crippen LogP contribution in [0.5, 0.6) is 0 Å². The summed E-state index contributed by atoms with van der Waals surface area (Å²) in [5, 5.41) is 34.4. The fourth-order valence-corrected chi connectivity index (χ4v) is 3.92. The molecule has 35 heavy (non-hydrogen) atoms. The van der Waals surface area contributed by atoms with Crippen molar-refractivity contribution in [2.45, 2.75) is 38.6 Å². The van der Waals surface area contributed by atoms with Crippen molar-refractivity contribution in [1.29, 1.82) is 5.26 Å². The van der Waals surface area contributed by atoms with E-state index in [9.17, 15) is 19.2 Å². The van der Waals surface area contributed by atoms with Gasteiger partial charge in [-0.15, -0.1) is 0 Å². The Morgan fingerprint density at radius 3 is 2.46 bits per heavy atom. The van der Waals surface area contributed by atoms with E-state index in [1.165, 1.54) is 0 Å². The largest absolute Gasteiger partial charge is 0.481 e. The number of amides is 1. The summed E-state index contributed by atoms with van der Waals surface area (Å²) < 4.78 is 0. The van der Waals surface area contributed by atoms with Crippen molar-refractivity contribution in [2.24, 2.45) is 11.8 Å². The minimum Gasteiger partial charge on any atom is -0.481 e. The maximum atomic E-state index is 12.0. The third kappa shape index (κ3) is 7.39. The molecule has 1 fully saturated rings. The number of piperidine rings is 1. The van der Waals surface area contributed by atoms with Crippen molar-refractivity contribution in [3.8, 4) is 6.07 Å². The molecule has 1 aliphatic rings. The molecule has 0 unspecified atom stereocenters. The van der Waals surface area contributed by atoms with E-state index in [1.807, 2.05) is 25.4 Å². The Balaban J connectivity index is 0.000000307. The smallest absolute Gasteiger partial charge is 0.307 e. The summed E-state index contributed by atoms with van der Waals surface area (Å²) in [4.78, 5) is 58.0. The van der Waals surface area contributed by atoms with Gasteiger partial charge in [-0.3, -0.25) is 19.2 Å². The van der Waals surface area contributed by atoms with E-state index in [-0.39, 0.29) is 18.4 Å². The minimum absolute atomic E-state index is 0.0552. The lowest BCUT2D eigenvalue weighted by molar-refractivity contribution is -0.152. The fraction of sp³-hybridized carbons (Fsp3) is 0.500. The number of nitriles is 1. The molecule has 2 aromatic heterocycles. The molecule has 188 valence electrons. The Morgan fingerprint density at radius 1 is 1.23 bits per heavy atom. The van der Waals surface area contributed by atoms with Crippen LogP contribution >= 0.6 is 0 Å². The number of carbonyl (C=O) groups is 4. The number of aromatic amines is 1. The van der Waals surface area contributed by atoms with E-state index < -0.39 is 36.7 Å². The average molecular weight is 489 g/mol. The molecule has 13 nitrogen and oxygen atoms in total. The Kier molecular flexibility index (Phi) is 9.51. The number of carboxylic acids is 3. The quantitative estimate of drug-likeness (QED) is 0.415. The van der Waals surface area contributed by atoms with Crippen molar-refractivity contribution in [3.05, 3.63) is 18.6 Å². The number of carbonyl (C=O) groups excluding carboxylic acids is 1. The number of aliphatic carboxylic acids is 3. The summed E-state index contributed by atoms with van der Waals surface area (Å²) in [5.74, 6) is -4.17. The van der Waals surface area contributed by atoms with Gasteiger partial charge in [0.05, 0.1) is 36.3 Å². The maximum Gasteiger partial charge on any atom is 0.307 e. The zero-order valence-electron chi connectivity index (χ0n) is 19.4. The van der Waals surface area contributed by atoms with Gasteiger partial charge in [0, 0.05) is 26.3 Å². The average Bonchev–Trinajstić information content (AvgIpc) is 3.27. The number of nitrogens with zero attached hydrogens (tertiary/aromatic N) is 5. The highest BCUT2D eigenvalue weighted by molar-refractivity contribution is 5.87. The summed E-state index contributed by atoms with van der Waals surface area (Å²) >= 11 is 0. The fourth-order valence-electron chi connectivity index (χ4n) is 3.92. The van der Waals surface area contributed by atoms with Gasteiger partial charge in [-0.05, 0) is 18.4 Å². The van der Waals surface area contributed by atoms with E-state index in [1.54, 1.807) is 11.2 Å². The Morgan fingerprint density at radius 2 is 1.89 bits per heavy atom. The summed E-state index contributed by atoms with van der Waals surface area (Å²) in [6, 6.07) is 4.07. The van der Waals surface area contributed by atoms with Gasteiger partial charge in [0.15, 0.2) is 0 Å². The molecule has 0 radical (unpaired) electrons. The van der Waals surface area contributed by atoms with Gasteiger partial charge >= 0.3 is 17.9 Å². The van der Waals surface area contributed by atoms with Crippen molar-refractivity contribution in [2.75, 3.05) is 25.0 Å². The number of aromatic nitrogens is 3. The van der Waals surface area contributed by atoms with Gasteiger partial charge in [0.25, 0.3) is 0 Å². The number of hydrogen-bond donors (Lipinski definition) is 4. The van der Waals surface area contributed by atoms with Crippen molar-refractivity contribution >= 4 is 40.7 Å². The molecule has 3 heterocycles. The first-order valence-corrected chi connectivity index (χ1v) is 10.9. The monoisotopic (exact) mass is 488 g/mol. The van der Waals surface area contributed by atoms with Gasteiger partial charge in [0.2, 0.25) is 5.91 Å². The van der Waals surface area contributed by atoms with Crippen LogP contribution in [0.2, 0.25) is 0 Å². The summed E-state index contributed by atoms with van der Waals surface area (Å²) in [7, 11) is 2.01. The van der Waals surface area contributed by atoms with Gasteiger partial charge in [-0.25, -0.2) is 9.97 Å². The van der Waals surface area contributed by atoms with Crippen LogP contribution in [-0.4, -0.2) is 85.2 Å². The molecule has 1 amide bonds. The molecule has 2 aromatic rings. The number of likely N-dealkylation sites (N-methyl/N-ethyl adjacent to an activating group) is 1. The molecular formula is C22H28N6O7. The lowest BCUT2D eigenvalue weighted by Crippen LogP contribution is -2.52. The van der Waals surface area contributed by atoms with Crippen LogP contribution in [0, 0.1) is 23.2 Å². The molecule has 0 saturated carbocycles. The number of likely N-dealkylation sites (tertiary alicyclic amines) is 1. The van der Waals surface area contributed by atoms with Gasteiger partial charge in [-0.1, -0.05) is 6.92 Å². The highest BCUT2D eigenvalue weighted by atomic mass is 16.4. The third-order valence-electron chi connectivity index (χ3n) is 5.86. The highest BCUT2D eigenvalue weighted by Crippen LogP contribution is 2.28. The normalized spacial score (nSPS) is 17.3. The lowest BCUT2D eigenvalue weighted by atomic mass is 9.92. The second-order valence-electron chi connectivity index (χ2n) is 8.29. The molecule has 2 atom stereocenters. The number of nitrogens with one attached hydrogen (secondary N) is 1. The van der Waals surface area contributed by atoms with Crippen LogP contribution in [0.4, 0.5) is 5.82 Å². The van der Waals surface area contributed by atoms with Crippen LogP contribution in [0.15, 0.2) is 18.6 Å². The summed E-state index contributed by atoms with van der Waals surface area (Å²) in [6.45, 7) is 3.53. The van der Waals surface area contributed by atoms with Gasteiger partial charge in [-0.2, -0.15) is 5.26 Å². The molecule has 1 aliphatic heterocycles. The lowest BCUT2D eigenvalue weighted by Gasteiger charge is -2.42. The van der Waals surface area contributed by atoms with E-state index in [4.69, 9.17) is 20.6 Å². The standard InChI is InChI=1S/C16H20N6O.C6H8O6/c1-11-5-8-22(14(23)3-6-17)9-13(11)21(2)16-12-4-7-18-15(12)19-10-20-16;7-4(8)1-3(6(11)12)2-5(9)10/h4,7,10-11,13H,3,5,8-9H2,1-2H3,(H,18,19,20);3H,1-2H2,(H,7,8)(H,9,10)(H,11,12)/t11-,13-;/m0./s1. The van der Waals surface area contributed by atoms with Crippen LogP contribution < -0.4 is 4.90 Å². The molecule has 4 N–H and O–H groups in total. The van der Waals surface area contributed by atoms with E-state index in [0.29, 0.717) is 12.5 Å². The predicted molar refractivity (Wildman–Crippen MR) is 122 cm³/mol. The van der Waals surface area contributed by atoms with Crippen LogP contribution in [0.1, 0.15) is 32.6 Å². The topological polar surface area (TPSA) is 201 Å². The molecule has 13 heteroatoms. The minimum atomic E-state index is -1.40. The van der Waals surface area contributed by atoms with E-state index in [0.717, 1.165) is 29.8 Å². The molecule has 0 bridgehead atoms. The van der Waals surface area contributed by atoms with Gasteiger partial charge < -0.3 is 30.1 Å². The number of hydrogen-bond acceptors (Lipinski definition) is 8. The van der Waals surface area contributed by atoms with E-state index >= 15 is 0 Å². The first-order chi connectivity index (χ1) is 16.5. The zero-order valence-corrected chi connectivity index (χ0v) is 19.4. The first kappa shape index (κ1) is 27.0.